The molecule has 0 fully saturated rings. The average molecular weight is 261 g/mol. The van der Waals surface area contributed by atoms with E-state index in [1.165, 1.54) is 41.8 Å². The summed E-state index contributed by atoms with van der Waals surface area (Å²) >= 11 is 2.01. The lowest BCUT2D eigenvalue weighted by Crippen LogP contribution is -2.22. The lowest BCUT2D eigenvalue weighted by Gasteiger charge is -2.05. The van der Waals surface area contributed by atoms with Crippen LogP contribution in [0.3, 0.4) is 0 Å². The van der Waals surface area contributed by atoms with Gasteiger partial charge in [0.15, 0.2) is 0 Å². The Kier molecular flexibility index (Phi) is 4.81. The van der Waals surface area contributed by atoms with Crippen LogP contribution in [-0.2, 0) is 0 Å². The first-order valence-corrected chi connectivity index (χ1v) is 9.65. The molecule has 1 radical (unpaired) electrons. The summed E-state index contributed by atoms with van der Waals surface area (Å²) < 4.78 is 3.12. The monoisotopic (exact) mass is 261 g/mol. The molecule has 0 aliphatic heterocycles. The highest BCUT2D eigenvalue weighted by molar-refractivity contribution is 7.29. The minimum atomic E-state index is -0.290. The van der Waals surface area contributed by atoms with Crippen LogP contribution in [0, 0.1) is 0 Å². The molecule has 0 N–H and O–H groups in total. The van der Waals surface area contributed by atoms with E-state index in [4.69, 9.17) is 0 Å². The summed E-state index contributed by atoms with van der Waals surface area (Å²) in [6.45, 7) is 4.76. The van der Waals surface area contributed by atoms with Gasteiger partial charge in [-0.25, -0.2) is 0 Å². The van der Waals surface area contributed by atoms with Crippen molar-refractivity contribution >= 4 is 34.7 Å². The number of benzene rings is 1. The van der Waals surface area contributed by atoms with Crippen LogP contribution in [-0.4, -0.2) is 8.80 Å². The van der Waals surface area contributed by atoms with Crippen LogP contribution < -0.4 is 4.50 Å². The zero-order chi connectivity index (χ0) is 12.1. The van der Waals surface area contributed by atoms with E-state index in [0.717, 1.165) is 0 Å². The van der Waals surface area contributed by atoms with E-state index < -0.39 is 0 Å². The third kappa shape index (κ3) is 3.43. The number of unbranched alkanes of at least 4 members (excludes halogenated alkanes) is 3. The predicted octanol–water partition coefficient (Wildman–Crippen LogP) is 4.81. The van der Waals surface area contributed by atoms with Gasteiger partial charge >= 0.3 is 0 Å². The Hall–Kier alpha value is -0.603. The fraction of sp³-hybridized carbons (Fsp3) is 0.467. The summed E-state index contributed by atoms with van der Waals surface area (Å²) in [6, 6.07) is 12.6. The number of thiophene rings is 1. The van der Waals surface area contributed by atoms with Gasteiger partial charge in [-0.2, -0.15) is 0 Å². The molecule has 0 aliphatic rings. The Balaban J connectivity index is 1.96. The second-order valence-electron chi connectivity index (χ2n) is 4.74. The number of hydrogen-bond acceptors (Lipinski definition) is 1. The molecule has 0 spiro atoms. The van der Waals surface area contributed by atoms with E-state index >= 15 is 0 Å². The zero-order valence-electron chi connectivity index (χ0n) is 10.8. The lowest BCUT2D eigenvalue weighted by molar-refractivity contribution is 0.699. The van der Waals surface area contributed by atoms with Gasteiger partial charge in [0.2, 0.25) is 0 Å². The summed E-state index contributed by atoms with van der Waals surface area (Å²) in [5.41, 5.74) is 0. The van der Waals surface area contributed by atoms with E-state index in [1.54, 1.807) is 4.50 Å². The van der Waals surface area contributed by atoms with E-state index in [2.05, 4.69) is 43.8 Å². The van der Waals surface area contributed by atoms with Crippen LogP contribution in [0.2, 0.25) is 12.6 Å². The fourth-order valence-electron chi connectivity index (χ4n) is 2.13. The van der Waals surface area contributed by atoms with E-state index in [-0.39, 0.29) is 8.80 Å². The summed E-state index contributed by atoms with van der Waals surface area (Å²) in [4.78, 5) is 0. The van der Waals surface area contributed by atoms with Gasteiger partial charge in [-0.3, -0.25) is 0 Å². The first-order chi connectivity index (χ1) is 8.31. The van der Waals surface area contributed by atoms with Crippen molar-refractivity contribution in [2.24, 2.45) is 0 Å². The van der Waals surface area contributed by atoms with Crippen molar-refractivity contribution < 1.29 is 0 Å². The second kappa shape index (κ2) is 6.36. The van der Waals surface area contributed by atoms with Crippen molar-refractivity contribution in [3.63, 3.8) is 0 Å². The Morgan fingerprint density at radius 3 is 2.71 bits per heavy atom. The smallest absolute Gasteiger partial charge is 0.0960 e. The third-order valence-electron chi connectivity index (χ3n) is 3.25. The molecule has 0 saturated heterocycles. The lowest BCUT2D eigenvalue weighted by atomic mass is 10.2. The molecule has 1 aromatic heterocycles. The van der Waals surface area contributed by atoms with Gasteiger partial charge in [0.05, 0.1) is 8.80 Å². The maximum atomic E-state index is 2.47. The van der Waals surface area contributed by atoms with Crippen molar-refractivity contribution in [1.29, 1.82) is 0 Å². The molecule has 0 saturated carbocycles. The molecule has 2 aromatic rings. The van der Waals surface area contributed by atoms with Crippen molar-refractivity contribution in [2.75, 3.05) is 0 Å². The molecule has 1 heterocycles. The Labute approximate surface area is 110 Å². The van der Waals surface area contributed by atoms with Crippen molar-refractivity contribution in [3.05, 3.63) is 30.3 Å². The highest BCUT2D eigenvalue weighted by Gasteiger charge is 2.10. The maximum absolute atomic E-state index is 2.47. The zero-order valence-corrected chi connectivity index (χ0v) is 12.6. The van der Waals surface area contributed by atoms with Gasteiger partial charge in [-0.15, -0.1) is 11.3 Å². The minimum Gasteiger partial charge on any atom is -0.145 e. The molecule has 0 amide bonds. The fourth-order valence-corrected chi connectivity index (χ4v) is 5.71. The molecule has 0 aliphatic carbocycles. The van der Waals surface area contributed by atoms with Gasteiger partial charge in [0.1, 0.15) is 0 Å². The highest BCUT2D eigenvalue weighted by Crippen LogP contribution is 2.20. The first kappa shape index (κ1) is 12.8. The maximum Gasteiger partial charge on any atom is 0.0960 e. The number of rotatable bonds is 6. The minimum absolute atomic E-state index is 0.290. The van der Waals surface area contributed by atoms with Gasteiger partial charge in [0, 0.05) is 4.70 Å². The molecule has 2 heteroatoms. The van der Waals surface area contributed by atoms with Crippen LogP contribution in [0.5, 0.6) is 0 Å². The van der Waals surface area contributed by atoms with E-state index in [9.17, 15) is 0 Å². The van der Waals surface area contributed by atoms with Gasteiger partial charge in [0.25, 0.3) is 0 Å². The Bertz CT molecular complexity index is 428. The van der Waals surface area contributed by atoms with Crippen LogP contribution >= 0.6 is 11.3 Å². The third-order valence-corrected chi connectivity index (χ3v) is 7.62. The molecule has 0 nitrogen and oxygen atoms in total. The summed E-state index contributed by atoms with van der Waals surface area (Å²) in [5, 5.41) is 1.44. The molecule has 0 atom stereocenters. The van der Waals surface area contributed by atoms with Crippen molar-refractivity contribution in [1.82, 2.24) is 0 Å². The van der Waals surface area contributed by atoms with Gasteiger partial charge in [-0.1, -0.05) is 63.4 Å². The summed E-state index contributed by atoms with van der Waals surface area (Å²) in [7, 11) is -0.290. The number of hydrogen-bond donors (Lipinski definition) is 0. The van der Waals surface area contributed by atoms with Crippen LogP contribution in [0.15, 0.2) is 30.3 Å². The van der Waals surface area contributed by atoms with Crippen LogP contribution in [0.25, 0.3) is 10.1 Å². The quantitative estimate of drug-likeness (QED) is 0.517. The SMILES string of the molecule is CCCCCC[Si](C)c1cc2ccccc2s1. The Morgan fingerprint density at radius 1 is 1.12 bits per heavy atom. The van der Waals surface area contributed by atoms with E-state index in [0.29, 0.717) is 0 Å². The highest BCUT2D eigenvalue weighted by atomic mass is 32.1. The molecule has 0 bridgehead atoms. The largest absolute Gasteiger partial charge is 0.145 e. The molecular weight excluding hydrogens is 240 g/mol. The first-order valence-electron chi connectivity index (χ1n) is 6.62. The molecule has 2 rings (SSSR count). The predicted molar refractivity (Wildman–Crippen MR) is 82.0 cm³/mol. The van der Waals surface area contributed by atoms with Crippen LogP contribution in [0.4, 0.5) is 0 Å². The molecule has 17 heavy (non-hydrogen) atoms. The second-order valence-corrected chi connectivity index (χ2v) is 8.78. The summed E-state index contributed by atoms with van der Waals surface area (Å²) in [5.74, 6) is 0. The van der Waals surface area contributed by atoms with E-state index in [1.807, 2.05) is 11.3 Å². The van der Waals surface area contributed by atoms with Crippen molar-refractivity contribution in [3.8, 4) is 0 Å². The molecule has 91 valence electrons. The summed E-state index contributed by atoms with van der Waals surface area (Å²) in [6.07, 6.45) is 5.59. The molecular formula is C15H21SSi. The van der Waals surface area contributed by atoms with Gasteiger partial charge in [-0.05, 0) is 22.0 Å². The molecule has 1 aromatic carbocycles. The van der Waals surface area contributed by atoms with Crippen LogP contribution in [0.1, 0.15) is 32.6 Å². The number of fused-ring (bicyclic) bond motifs is 1. The average Bonchev–Trinajstić information content (AvgIpc) is 2.78. The van der Waals surface area contributed by atoms with Crippen molar-refractivity contribution in [2.45, 2.75) is 45.2 Å². The Morgan fingerprint density at radius 2 is 1.94 bits per heavy atom. The normalized spacial score (nSPS) is 11.5. The van der Waals surface area contributed by atoms with Gasteiger partial charge < -0.3 is 0 Å². The molecule has 0 unspecified atom stereocenters. The topological polar surface area (TPSA) is 0 Å². The standard InChI is InChI=1S/C15H21SSi/c1-3-4-5-8-11-17(2)15-12-13-9-6-7-10-14(13)16-15/h6-7,9-10,12H,3-5,8,11H2,1-2H3.